The predicted molar refractivity (Wildman–Crippen MR) is 99.4 cm³/mol. The first-order valence-electron chi connectivity index (χ1n) is 7.13. The zero-order chi connectivity index (χ0) is 17.1. The second-order valence-electron chi connectivity index (χ2n) is 5.15. The van der Waals surface area contributed by atoms with E-state index in [1.165, 1.54) is 0 Å². The van der Waals surface area contributed by atoms with Crippen LogP contribution >= 0.6 is 27.7 Å². The van der Waals surface area contributed by atoms with Crippen LogP contribution in [0.15, 0.2) is 46.3 Å². The highest BCUT2D eigenvalue weighted by atomic mass is 79.9. The van der Waals surface area contributed by atoms with Crippen LogP contribution in [0.3, 0.4) is 0 Å². The van der Waals surface area contributed by atoms with E-state index >= 15 is 0 Å². The molecule has 124 valence electrons. The van der Waals surface area contributed by atoms with Crippen LogP contribution in [0.1, 0.15) is 5.82 Å². The molecule has 2 heterocycles. The van der Waals surface area contributed by atoms with Gasteiger partial charge in [0.2, 0.25) is 11.9 Å². The SMILES string of the molecule is CN(C)c1nc(N)nc(CSc2nccn2-c2ccc(Br)cc2)n1. The molecule has 0 spiro atoms. The van der Waals surface area contributed by atoms with E-state index in [0.717, 1.165) is 15.3 Å². The molecule has 7 nitrogen and oxygen atoms in total. The maximum atomic E-state index is 5.76. The van der Waals surface area contributed by atoms with Gasteiger partial charge >= 0.3 is 0 Å². The smallest absolute Gasteiger partial charge is 0.229 e. The number of anilines is 2. The molecule has 2 N–H and O–H groups in total. The largest absolute Gasteiger partial charge is 0.368 e. The summed E-state index contributed by atoms with van der Waals surface area (Å²) in [7, 11) is 3.73. The maximum absolute atomic E-state index is 5.76. The molecule has 9 heteroatoms. The molecule has 3 aromatic rings. The zero-order valence-corrected chi connectivity index (χ0v) is 15.6. The first kappa shape index (κ1) is 16.7. The van der Waals surface area contributed by atoms with E-state index in [9.17, 15) is 0 Å². The molecule has 0 unspecified atom stereocenters. The lowest BCUT2D eigenvalue weighted by Gasteiger charge is -2.11. The van der Waals surface area contributed by atoms with Gasteiger partial charge in [0, 0.05) is 36.6 Å². The molecule has 0 aliphatic heterocycles. The number of aromatic nitrogens is 5. The van der Waals surface area contributed by atoms with Crippen molar-refractivity contribution in [1.82, 2.24) is 24.5 Å². The number of halogens is 1. The third kappa shape index (κ3) is 3.85. The van der Waals surface area contributed by atoms with Gasteiger partial charge in [-0.05, 0) is 24.3 Å². The van der Waals surface area contributed by atoms with Crippen LogP contribution in [-0.4, -0.2) is 38.6 Å². The molecule has 0 fully saturated rings. The Morgan fingerprint density at radius 1 is 1.17 bits per heavy atom. The number of nitrogens with two attached hydrogens (primary N) is 1. The molecule has 2 aromatic heterocycles. The lowest BCUT2D eigenvalue weighted by atomic mass is 10.3. The standard InChI is InChI=1S/C15H16BrN7S/c1-22(2)14-20-12(19-13(17)21-14)9-24-15-18-7-8-23(15)11-5-3-10(16)4-6-11/h3-8H,9H2,1-2H3,(H2,17,19,20,21). The number of hydrogen-bond donors (Lipinski definition) is 1. The van der Waals surface area contributed by atoms with Gasteiger partial charge in [0.25, 0.3) is 0 Å². The minimum atomic E-state index is 0.223. The van der Waals surface area contributed by atoms with Crippen molar-refractivity contribution in [3.05, 3.63) is 47.0 Å². The minimum Gasteiger partial charge on any atom is -0.368 e. The third-order valence-corrected chi connectivity index (χ3v) is 4.62. The summed E-state index contributed by atoms with van der Waals surface area (Å²) in [5.41, 5.74) is 6.80. The van der Waals surface area contributed by atoms with Crippen LogP contribution in [0.25, 0.3) is 5.69 Å². The molecule has 0 radical (unpaired) electrons. The van der Waals surface area contributed by atoms with E-state index < -0.39 is 0 Å². The van der Waals surface area contributed by atoms with Crippen molar-refractivity contribution in [2.24, 2.45) is 0 Å². The Bertz CT molecular complexity index is 832. The van der Waals surface area contributed by atoms with Crippen LogP contribution in [0.4, 0.5) is 11.9 Å². The second kappa shape index (κ2) is 7.18. The molecule has 0 aliphatic carbocycles. The van der Waals surface area contributed by atoms with E-state index in [2.05, 4.69) is 35.9 Å². The van der Waals surface area contributed by atoms with Crippen LogP contribution in [0, 0.1) is 0 Å². The van der Waals surface area contributed by atoms with Crippen molar-refractivity contribution in [2.75, 3.05) is 24.7 Å². The van der Waals surface area contributed by atoms with Crippen LogP contribution in [0.2, 0.25) is 0 Å². The fourth-order valence-corrected chi connectivity index (χ4v) is 3.11. The Morgan fingerprint density at radius 3 is 2.62 bits per heavy atom. The number of rotatable bonds is 5. The first-order chi connectivity index (χ1) is 11.5. The van der Waals surface area contributed by atoms with Gasteiger partial charge in [0.05, 0.1) is 5.75 Å². The fourth-order valence-electron chi connectivity index (χ4n) is 2.01. The number of thioether (sulfide) groups is 1. The molecular weight excluding hydrogens is 390 g/mol. The Kier molecular flexibility index (Phi) is 5.00. The van der Waals surface area contributed by atoms with Gasteiger partial charge in [-0.1, -0.05) is 27.7 Å². The molecule has 0 atom stereocenters. The highest BCUT2D eigenvalue weighted by Crippen LogP contribution is 2.24. The van der Waals surface area contributed by atoms with Crippen molar-refractivity contribution >= 4 is 39.6 Å². The molecule has 0 aliphatic rings. The van der Waals surface area contributed by atoms with Crippen molar-refractivity contribution in [1.29, 1.82) is 0 Å². The van der Waals surface area contributed by atoms with Crippen LogP contribution in [0.5, 0.6) is 0 Å². The predicted octanol–water partition coefficient (Wildman–Crippen LogP) is 2.76. The summed E-state index contributed by atoms with van der Waals surface area (Å²) in [5, 5.41) is 0.864. The summed E-state index contributed by atoms with van der Waals surface area (Å²) in [6.45, 7) is 0. The molecule has 0 amide bonds. The van der Waals surface area contributed by atoms with Gasteiger partial charge in [-0.15, -0.1) is 0 Å². The van der Waals surface area contributed by atoms with E-state index in [1.807, 2.05) is 49.1 Å². The number of imidazole rings is 1. The van der Waals surface area contributed by atoms with Crippen molar-refractivity contribution in [3.63, 3.8) is 0 Å². The van der Waals surface area contributed by atoms with Crippen molar-refractivity contribution < 1.29 is 0 Å². The third-order valence-electron chi connectivity index (χ3n) is 3.13. The lowest BCUT2D eigenvalue weighted by Crippen LogP contribution is -2.16. The van der Waals surface area contributed by atoms with Gasteiger partial charge in [-0.2, -0.15) is 15.0 Å². The summed E-state index contributed by atoms with van der Waals surface area (Å²) in [4.78, 5) is 18.9. The average molecular weight is 406 g/mol. The Morgan fingerprint density at radius 2 is 1.92 bits per heavy atom. The van der Waals surface area contributed by atoms with Crippen LogP contribution < -0.4 is 10.6 Å². The highest BCUT2D eigenvalue weighted by Gasteiger charge is 2.10. The summed E-state index contributed by atoms with van der Waals surface area (Å²) in [5.74, 6) is 1.96. The molecule has 0 saturated heterocycles. The average Bonchev–Trinajstić information content (AvgIpc) is 3.01. The van der Waals surface area contributed by atoms with Crippen molar-refractivity contribution in [3.8, 4) is 5.69 Å². The van der Waals surface area contributed by atoms with Crippen LogP contribution in [-0.2, 0) is 5.75 Å². The minimum absolute atomic E-state index is 0.223. The summed E-state index contributed by atoms with van der Waals surface area (Å²) >= 11 is 4.99. The quantitative estimate of drug-likeness (QED) is 0.652. The Hall–Kier alpha value is -2.13. The Labute approximate surface area is 152 Å². The molecule has 0 bridgehead atoms. The van der Waals surface area contributed by atoms with Gasteiger partial charge in [-0.25, -0.2) is 4.98 Å². The van der Waals surface area contributed by atoms with Gasteiger partial charge < -0.3 is 10.6 Å². The summed E-state index contributed by atoms with van der Waals surface area (Å²) in [6, 6.07) is 8.06. The highest BCUT2D eigenvalue weighted by molar-refractivity contribution is 9.10. The monoisotopic (exact) mass is 405 g/mol. The topological polar surface area (TPSA) is 85.8 Å². The molecule has 24 heavy (non-hydrogen) atoms. The van der Waals surface area contributed by atoms with Gasteiger partial charge in [-0.3, -0.25) is 4.57 Å². The van der Waals surface area contributed by atoms with Gasteiger partial charge in [0.1, 0.15) is 5.82 Å². The summed E-state index contributed by atoms with van der Waals surface area (Å²) < 4.78 is 3.06. The normalized spacial score (nSPS) is 10.8. The maximum Gasteiger partial charge on any atom is 0.229 e. The number of hydrogen-bond acceptors (Lipinski definition) is 7. The molecule has 0 saturated carbocycles. The number of benzene rings is 1. The Balaban J connectivity index is 1.79. The summed E-state index contributed by atoms with van der Waals surface area (Å²) in [6.07, 6.45) is 3.70. The molecule has 1 aromatic carbocycles. The van der Waals surface area contributed by atoms with Crippen molar-refractivity contribution in [2.45, 2.75) is 10.9 Å². The van der Waals surface area contributed by atoms with E-state index in [0.29, 0.717) is 17.5 Å². The van der Waals surface area contributed by atoms with Gasteiger partial charge in [0.15, 0.2) is 5.16 Å². The lowest BCUT2D eigenvalue weighted by molar-refractivity contribution is 0.886. The number of nitrogen functional groups attached to an aromatic ring is 1. The first-order valence-corrected chi connectivity index (χ1v) is 8.90. The number of nitrogens with zero attached hydrogens (tertiary/aromatic N) is 6. The van der Waals surface area contributed by atoms with E-state index in [4.69, 9.17) is 5.73 Å². The zero-order valence-electron chi connectivity index (χ0n) is 13.2. The van der Waals surface area contributed by atoms with E-state index in [1.54, 1.807) is 22.9 Å². The van der Waals surface area contributed by atoms with E-state index in [-0.39, 0.29) is 5.95 Å². The second-order valence-corrected chi connectivity index (χ2v) is 7.01. The molecular formula is C15H16BrN7S. The molecule has 3 rings (SSSR count). The fraction of sp³-hybridized carbons (Fsp3) is 0.200.